The van der Waals surface area contributed by atoms with Crippen LogP contribution in [0.5, 0.6) is 0 Å². The molecule has 1 spiro atoms. The lowest BCUT2D eigenvalue weighted by Gasteiger charge is -2.52. The van der Waals surface area contributed by atoms with Crippen molar-refractivity contribution in [3.63, 3.8) is 0 Å². The molecule has 30 heavy (non-hydrogen) atoms. The Hall–Kier alpha value is -1.99. The molecule has 3 aromatic rings. The molecule has 1 atom stereocenters. The lowest BCUT2D eigenvalue weighted by atomic mass is 9.76. The van der Waals surface area contributed by atoms with E-state index in [2.05, 4.69) is 59.8 Å². The predicted octanol–water partition coefficient (Wildman–Crippen LogP) is 4.21. The van der Waals surface area contributed by atoms with E-state index in [1.165, 1.54) is 41.0 Å². The molecule has 7 heteroatoms. The lowest BCUT2D eigenvalue weighted by molar-refractivity contribution is -0.0323. The van der Waals surface area contributed by atoms with E-state index >= 15 is 0 Å². The van der Waals surface area contributed by atoms with Crippen LogP contribution in [0.4, 0.5) is 5.82 Å². The quantitative estimate of drug-likeness (QED) is 0.614. The Labute approximate surface area is 182 Å². The zero-order chi connectivity index (χ0) is 21.0. The van der Waals surface area contributed by atoms with Crippen molar-refractivity contribution >= 4 is 27.4 Å². The molecule has 0 aromatic carbocycles. The van der Waals surface area contributed by atoms with Gasteiger partial charge in [-0.3, -0.25) is 9.58 Å². The van der Waals surface area contributed by atoms with Crippen LogP contribution in [-0.4, -0.2) is 50.8 Å². The van der Waals surface area contributed by atoms with Gasteiger partial charge in [0.15, 0.2) is 0 Å². The molecule has 2 aliphatic rings. The summed E-state index contributed by atoms with van der Waals surface area (Å²) in [4.78, 5) is 16.9. The fourth-order valence-corrected chi connectivity index (χ4v) is 6.42. The van der Waals surface area contributed by atoms with Crippen LogP contribution < -0.4 is 4.90 Å². The van der Waals surface area contributed by atoms with Gasteiger partial charge in [0.2, 0.25) is 0 Å². The molecular formula is C23H32N6S. The third-order valence-corrected chi connectivity index (χ3v) is 8.33. The van der Waals surface area contributed by atoms with E-state index in [1.54, 1.807) is 17.7 Å². The minimum absolute atomic E-state index is 0.393. The van der Waals surface area contributed by atoms with Crippen LogP contribution in [0.3, 0.4) is 0 Å². The molecule has 0 unspecified atom stereocenters. The Morgan fingerprint density at radius 3 is 2.67 bits per heavy atom. The van der Waals surface area contributed by atoms with Crippen molar-refractivity contribution in [1.29, 1.82) is 0 Å². The average molecular weight is 425 g/mol. The molecule has 3 aromatic heterocycles. The molecule has 0 aliphatic carbocycles. The topological polar surface area (TPSA) is 50.1 Å². The van der Waals surface area contributed by atoms with Crippen LogP contribution in [0.2, 0.25) is 0 Å². The van der Waals surface area contributed by atoms with Gasteiger partial charge in [0, 0.05) is 60.8 Å². The van der Waals surface area contributed by atoms with Gasteiger partial charge < -0.3 is 4.90 Å². The molecule has 0 radical (unpaired) electrons. The Bertz CT molecular complexity index is 1060. The Balaban J connectivity index is 1.34. The first-order valence-corrected chi connectivity index (χ1v) is 11.9. The summed E-state index contributed by atoms with van der Waals surface area (Å²) in [5.74, 6) is 1.71. The van der Waals surface area contributed by atoms with Crippen LogP contribution in [-0.2, 0) is 13.5 Å². The zero-order valence-electron chi connectivity index (χ0n) is 18.7. The highest BCUT2D eigenvalue weighted by atomic mass is 32.1. The van der Waals surface area contributed by atoms with Crippen molar-refractivity contribution < 1.29 is 0 Å². The van der Waals surface area contributed by atoms with Gasteiger partial charge in [-0.25, -0.2) is 9.97 Å². The molecular weight excluding hydrogens is 392 g/mol. The maximum Gasteiger partial charge on any atom is 0.140 e. The number of fused-ring (bicyclic) bond motifs is 1. The van der Waals surface area contributed by atoms with Crippen molar-refractivity contribution in [1.82, 2.24) is 24.6 Å². The highest BCUT2D eigenvalue weighted by Crippen LogP contribution is 2.47. The number of hydrogen-bond donors (Lipinski definition) is 0. The van der Waals surface area contributed by atoms with Crippen molar-refractivity contribution in [2.45, 2.75) is 46.6 Å². The van der Waals surface area contributed by atoms with Crippen LogP contribution in [0.1, 0.15) is 49.4 Å². The molecule has 0 saturated carbocycles. The van der Waals surface area contributed by atoms with Crippen LogP contribution >= 0.6 is 11.3 Å². The van der Waals surface area contributed by atoms with Gasteiger partial charge in [-0.1, -0.05) is 20.8 Å². The second kappa shape index (κ2) is 7.31. The Kier molecular flexibility index (Phi) is 4.86. The van der Waals surface area contributed by atoms with Gasteiger partial charge in [-0.05, 0) is 31.7 Å². The van der Waals surface area contributed by atoms with Crippen molar-refractivity contribution in [2.75, 3.05) is 31.1 Å². The SMILES string of the molecule is CCc1cc2c(N3CCC4(C3)CN([C@@H](c3cnn(C)c3C)C(C)C)C4)ncnc2s1. The summed E-state index contributed by atoms with van der Waals surface area (Å²) < 4.78 is 2.00. The number of rotatable bonds is 5. The number of anilines is 1. The van der Waals surface area contributed by atoms with E-state index in [0.717, 1.165) is 30.2 Å². The molecule has 6 nitrogen and oxygen atoms in total. The number of nitrogens with zero attached hydrogens (tertiary/aromatic N) is 6. The Morgan fingerprint density at radius 1 is 1.20 bits per heavy atom. The molecule has 5 heterocycles. The number of hydrogen-bond acceptors (Lipinski definition) is 6. The van der Waals surface area contributed by atoms with Gasteiger partial charge in [0.05, 0.1) is 11.6 Å². The minimum Gasteiger partial charge on any atom is -0.355 e. The summed E-state index contributed by atoms with van der Waals surface area (Å²) >= 11 is 1.80. The molecule has 2 aliphatic heterocycles. The molecule has 2 fully saturated rings. The third kappa shape index (κ3) is 3.14. The highest BCUT2D eigenvalue weighted by Gasteiger charge is 2.50. The number of thiophene rings is 1. The van der Waals surface area contributed by atoms with Crippen molar-refractivity contribution in [3.05, 3.63) is 34.7 Å². The summed E-state index contributed by atoms with van der Waals surface area (Å²) in [5, 5.41) is 5.74. The van der Waals surface area contributed by atoms with Crippen LogP contribution in [0.25, 0.3) is 10.2 Å². The van der Waals surface area contributed by atoms with Crippen LogP contribution in [0.15, 0.2) is 18.6 Å². The largest absolute Gasteiger partial charge is 0.355 e. The summed E-state index contributed by atoms with van der Waals surface area (Å²) in [5.41, 5.74) is 3.07. The summed E-state index contributed by atoms with van der Waals surface area (Å²) in [6.07, 6.45) is 6.12. The predicted molar refractivity (Wildman–Crippen MR) is 123 cm³/mol. The van der Waals surface area contributed by atoms with E-state index < -0.39 is 0 Å². The minimum atomic E-state index is 0.393. The monoisotopic (exact) mass is 424 g/mol. The second-order valence-corrected chi connectivity index (χ2v) is 10.7. The molecule has 0 bridgehead atoms. The van der Waals surface area contributed by atoms with Crippen molar-refractivity contribution in [3.8, 4) is 0 Å². The van der Waals surface area contributed by atoms with Gasteiger partial charge in [0.25, 0.3) is 0 Å². The first-order chi connectivity index (χ1) is 14.4. The Morgan fingerprint density at radius 2 is 2.00 bits per heavy atom. The van der Waals surface area contributed by atoms with E-state index in [1.807, 2.05) is 11.7 Å². The molecule has 5 rings (SSSR count). The van der Waals surface area contributed by atoms with E-state index in [4.69, 9.17) is 4.98 Å². The first kappa shape index (κ1) is 19.9. The first-order valence-electron chi connectivity index (χ1n) is 11.1. The highest BCUT2D eigenvalue weighted by molar-refractivity contribution is 7.18. The molecule has 0 N–H and O–H groups in total. The van der Waals surface area contributed by atoms with Gasteiger partial charge in [0.1, 0.15) is 17.0 Å². The number of aromatic nitrogens is 4. The maximum absolute atomic E-state index is 4.70. The summed E-state index contributed by atoms with van der Waals surface area (Å²) in [6, 6.07) is 2.75. The smallest absolute Gasteiger partial charge is 0.140 e. The number of aryl methyl sites for hydroxylation is 2. The fourth-order valence-electron chi connectivity index (χ4n) is 5.49. The van der Waals surface area contributed by atoms with Gasteiger partial charge >= 0.3 is 0 Å². The van der Waals surface area contributed by atoms with E-state index in [-0.39, 0.29) is 0 Å². The number of likely N-dealkylation sites (tertiary alicyclic amines) is 1. The van der Waals surface area contributed by atoms with Gasteiger partial charge in [-0.15, -0.1) is 11.3 Å². The van der Waals surface area contributed by atoms with Crippen molar-refractivity contribution in [2.24, 2.45) is 18.4 Å². The van der Waals surface area contributed by atoms with Gasteiger partial charge in [-0.2, -0.15) is 5.10 Å². The zero-order valence-corrected chi connectivity index (χ0v) is 19.5. The molecule has 2 saturated heterocycles. The average Bonchev–Trinajstić information content (AvgIpc) is 3.40. The molecule has 160 valence electrons. The standard InChI is InChI=1S/C23H32N6S/c1-6-17-9-18-21(24-14-25-22(18)30-17)28-8-7-23(11-28)12-29(13-23)20(15(2)3)19-10-26-27(5)16(19)4/h9-10,14-15,20H,6-8,11-13H2,1-5H3/t20-/m1/s1. The van der Waals surface area contributed by atoms with Crippen LogP contribution in [0, 0.1) is 18.3 Å². The maximum atomic E-state index is 4.70. The summed E-state index contributed by atoms with van der Waals surface area (Å²) in [7, 11) is 2.04. The normalized spacial score (nSPS) is 19.9. The van der Waals surface area contributed by atoms with E-state index in [0.29, 0.717) is 17.4 Å². The fraction of sp³-hybridized carbons (Fsp3) is 0.609. The summed E-state index contributed by atoms with van der Waals surface area (Å²) in [6.45, 7) is 13.6. The third-order valence-electron chi connectivity index (χ3n) is 7.14. The van der Waals surface area contributed by atoms with E-state index in [9.17, 15) is 0 Å². The lowest BCUT2D eigenvalue weighted by Crippen LogP contribution is -2.59. The molecule has 0 amide bonds. The second-order valence-electron chi connectivity index (χ2n) is 9.56.